The number of tetrazole rings is 1. The third kappa shape index (κ3) is 3.55. The maximum Gasteiger partial charge on any atom is 0.416 e. The van der Waals surface area contributed by atoms with Gasteiger partial charge in [-0.2, -0.15) is 23.5 Å². The SMILES string of the molecule is Fc1ccc(Cn2nc(Cc3nn[nH]n3)c3ccc(C(F)(F)F)cc32)c(Cl)c1. The zero-order valence-corrected chi connectivity index (χ0v) is 14.8. The van der Waals surface area contributed by atoms with Crippen molar-refractivity contribution in [2.75, 3.05) is 0 Å². The molecule has 4 rings (SSSR count). The highest BCUT2D eigenvalue weighted by Crippen LogP contribution is 2.33. The monoisotopic (exact) mass is 410 g/mol. The number of aromatic nitrogens is 6. The van der Waals surface area contributed by atoms with E-state index in [1.165, 1.54) is 22.9 Å². The molecule has 6 nitrogen and oxygen atoms in total. The van der Waals surface area contributed by atoms with E-state index in [0.717, 1.165) is 18.2 Å². The molecule has 2 aromatic carbocycles. The van der Waals surface area contributed by atoms with Crippen molar-refractivity contribution in [1.29, 1.82) is 0 Å². The second kappa shape index (κ2) is 6.86. The van der Waals surface area contributed by atoms with Crippen LogP contribution in [0, 0.1) is 5.82 Å². The number of hydrogen-bond acceptors (Lipinski definition) is 4. The minimum atomic E-state index is -4.50. The molecule has 11 heteroatoms. The normalized spacial score (nSPS) is 12.0. The molecule has 0 saturated heterocycles. The van der Waals surface area contributed by atoms with Gasteiger partial charge in [0, 0.05) is 10.4 Å². The first-order valence-corrected chi connectivity index (χ1v) is 8.42. The lowest BCUT2D eigenvalue weighted by atomic mass is 10.1. The zero-order chi connectivity index (χ0) is 19.9. The van der Waals surface area contributed by atoms with E-state index in [9.17, 15) is 17.6 Å². The third-order valence-corrected chi connectivity index (χ3v) is 4.56. The highest BCUT2D eigenvalue weighted by atomic mass is 35.5. The van der Waals surface area contributed by atoms with Crippen molar-refractivity contribution in [3.05, 3.63) is 69.9 Å². The lowest BCUT2D eigenvalue weighted by Gasteiger charge is -2.09. The summed E-state index contributed by atoms with van der Waals surface area (Å²) in [5.41, 5.74) is 0.491. The van der Waals surface area contributed by atoms with Crippen molar-refractivity contribution in [2.24, 2.45) is 0 Å². The predicted octanol–water partition coefficient (Wildman–Crippen LogP) is 4.00. The van der Waals surface area contributed by atoms with Gasteiger partial charge in [0.25, 0.3) is 0 Å². The fraction of sp³-hybridized carbons (Fsp3) is 0.176. The van der Waals surface area contributed by atoms with Crippen LogP contribution in [0.4, 0.5) is 17.6 Å². The number of hydrogen-bond donors (Lipinski definition) is 1. The summed E-state index contributed by atoms with van der Waals surface area (Å²) in [6.45, 7) is 0.0726. The third-order valence-electron chi connectivity index (χ3n) is 4.21. The van der Waals surface area contributed by atoms with E-state index in [0.29, 0.717) is 22.5 Å². The van der Waals surface area contributed by atoms with E-state index in [-0.39, 0.29) is 23.5 Å². The topological polar surface area (TPSA) is 72.3 Å². The fourth-order valence-electron chi connectivity index (χ4n) is 2.89. The number of rotatable bonds is 4. The molecule has 0 unspecified atom stereocenters. The van der Waals surface area contributed by atoms with Crippen LogP contribution in [0.3, 0.4) is 0 Å². The average Bonchev–Trinajstić information content (AvgIpc) is 3.25. The van der Waals surface area contributed by atoms with Gasteiger partial charge in [-0.1, -0.05) is 28.9 Å². The van der Waals surface area contributed by atoms with Crippen LogP contribution in [0.5, 0.6) is 0 Å². The summed E-state index contributed by atoms with van der Waals surface area (Å²) in [5, 5.41) is 18.6. The van der Waals surface area contributed by atoms with Crippen LogP contribution in [0.15, 0.2) is 36.4 Å². The molecule has 0 aliphatic carbocycles. The van der Waals surface area contributed by atoms with Crippen molar-refractivity contribution < 1.29 is 17.6 Å². The Labute approximate surface area is 160 Å². The Kier molecular flexibility index (Phi) is 4.50. The molecule has 0 bridgehead atoms. The molecule has 0 fully saturated rings. The van der Waals surface area contributed by atoms with Crippen molar-refractivity contribution in [3.63, 3.8) is 0 Å². The van der Waals surface area contributed by atoms with Crippen molar-refractivity contribution in [2.45, 2.75) is 19.1 Å². The van der Waals surface area contributed by atoms with Crippen LogP contribution in [0.1, 0.15) is 22.6 Å². The number of nitrogens with one attached hydrogen (secondary N) is 1. The van der Waals surface area contributed by atoms with E-state index < -0.39 is 17.6 Å². The Morgan fingerprint density at radius 1 is 1.11 bits per heavy atom. The van der Waals surface area contributed by atoms with Crippen molar-refractivity contribution in [3.8, 4) is 0 Å². The second-order valence-electron chi connectivity index (χ2n) is 6.07. The largest absolute Gasteiger partial charge is 0.416 e. The van der Waals surface area contributed by atoms with E-state index >= 15 is 0 Å². The maximum atomic E-state index is 13.3. The Morgan fingerprint density at radius 3 is 2.61 bits per heavy atom. The summed E-state index contributed by atoms with van der Waals surface area (Å²) in [6.07, 6.45) is -4.31. The van der Waals surface area contributed by atoms with Gasteiger partial charge < -0.3 is 0 Å². The summed E-state index contributed by atoms with van der Waals surface area (Å²) in [5.74, 6) is -0.150. The zero-order valence-electron chi connectivity index (χ0n) is 14.0. The van der Waals surface area contributed by atoms with Crippen LogP contribution < -0.4 is 0 Å². The lowest BCUT2D eigenvalue weighted by Crippen LogP contribution is -2.06. The summed E-state index contributed by atoms with van der Waals surface area (Å²) in [6, 6.07) is 7.23. The van der Waals surface area contributed by atoms with Gasteiger partial charge in [0.2, 0.25) is 0 Å². The first-order valence-electron chi connectivity index (χ1n) is 8.04. The van der Waals surface area contributed by atoms with Crippen molar-refractivity contribution in [1.82, 2.24) is 30.4 Å². The first kappa shape index (κ1) is 18.4. The van der Waals surface area contributed by atoms with E-state index in [4.69, 9.17) is 11.6 Å². The number of halogens is 5. The Morgan fingerprint density at radius 2 is 1.93 bits per heavy atom. The molecule has 0 radical (unpaired) electrons. The number of H-pyrrole nitrogens is 1. The molecule has 28 heavy (non-hydrogen) atoms. The van der Waals surface area contributed by atoms with E-state index in [2.05, 4.69) is 25.7 Å². The predicted molar refractivity (Wildman–Crippen MR) is 92.2 cm³/mol. The van der Waals surface area contributed by atoms with E-state index in [1.54, 1.807) is 0 Å². The highest BCUT2D eigenvalue weighted by Gasteiger charge is 2.31. The minimum absolute atomic E-state index is 0.0726. The maximum absolute atomic E-state index is 13.3. The van der Waals surface area contributed by atoms with Gasteiger partial charge >= 0.3 is 6.18 Å². The van der Waals surface area contributed by atoms with Gasteiger partial charge in [0.1, 0.15) is 5.82 Å². The number of aromatic amines is 1. The van der Waals surface area contributed by atoms with Crippen LogP contribution in [-0.2, 0) is 19.1 Å². The minimum Gasteiger partial charge on any atom is -0.260 e. The molecular weight excluding hydrogens is 400 g/mol. The van der Waals surface area contributed by atoms with Gasteiger partial charge in [-0.3, -0.25) is 4.68 Å². The molecule has 0 saturated carbocycles. The summed E-state index contributed by atoms with van der Waals surface area (Å²) < 4.78 is 54.2. The Bertz CT molecular complexity index is 1140. The molecule has 0 atom stereocenters. The highest BCUT2D eigenvalue weighted by molar-refractivity contribution is 6.31. The molecule has 144 valence electrons. The van der Waals surface area contributed by atoms with Gasteiger partial charge in [0.15, 0.2) is 5.82 Å². The van der Waals surface area contributed by atoms with Crippen LogP contribution >= 0.6 is 11.6 Å². The summed E-state index contributed by atoms with van der Waals surface area (Å²) in [7, 11) is 0. The van der Waals surface area contributed by atoms with Crippen molar-refractivity contribution >= 4 is 22.5 Å². The number of alkyl halides is 3. The smallest absolute Gasteiger partial charge is 0.260 e. The molecule has 0 aliphatic heterocycles. The molecule has 2 heterocycles. The van der Waals surface area contributed by atoms with Gasteiger partial charge in [0.05, 0.1) is 29.7 Å². The number of fused-ring (bicyclic) bond motifs is 1. The van der Waals surface area contributed by atoms with Crippen LogP contribution in [0.2, 0.25) is 5.02 Å². The summed E-state index contributed by atoms with van der Waals surface area (Å²) in [4.78, 5) is 0. The molecular formula is C17H11ClF4N6. The Balaban J connectivity index is 1.82. The Hall–Kier alpha value is -3.01. The van der Waals surface area contributed by atoms with Crippen LogP contribution in [-0.4, -0.2) is 30.4 Å². The lowest BCUT2D eigenvalue weighted by molar-refractivity contribution is -0.137. The molecule has 0 aliphatic rings. The van der Waals surface area contributed by atoms with Gasteiger partial charge in [-0.15, -0.1) is 10.2 Å². The fourth-order valence-corrected chi connectivity index (χ4v) is 3.12. The molecule has 4 aromatic rings. The van der Waals surface area contributed by atoms with E-state index in [1.807, 2.05) is 0 Å². The standard InChI is InChI=1S/C17H11ClF4N6/c18-13-6-11(19)3-1-9(13)8-28-15-5-10(17(20,21)22)2-4-12(15)14(25-28)7-16-23-26-27-24-16/h1-6H,7-8H2,(H,23,24,26,27). The first-order chi connectivity index (χ1) is 13.3. The summed E-state index contributed by atoms with van der Waals surface area (Å²) >= 11 is 6.06. The quantitative estimate of drug-likeness (QED) is 0.516. The second-order valence-corrected chi connectivity index (χ2v) is 6.48. The average molecular weight is 411 g/mol. The van der Waals surface area contributed by atoms with Gasteiger partial charge in [-0.25, -0.2) is 4.39 Å². The molecule has 1 N–H and O–H groups in total. The number of benzene rings is 2. The molecule has 2 aromatic heterocycles. The van der Waals surface area contributed by atoms with Gasteiger partial charge in [-0.05, 0) is 29.8 Å². The molecule has 0 spiro atoms. The van der Waals surface area contributed by atoms with Crippen LogP contribution in [0.25, 0.3) is 10.9 Å². The molecule has 0 amide bonds. The number of nitrogens with zero attached hydrogens (tertiary/aromatic N) is 5.